The Morgan fingerprint density at radius 2 is 1.53 bits per heavy atom. The Morgan fingerprint density at radius 3 is 1.82 bits per heavy atom. The Morgan fingerprint density at radius 1 is 1.12 bits per heavy atom. The van der Waals surface area contributed by atoms with Crippen LogP contribution in [0.2, 0.25) is 0 Å². The third-order valence-corrected chi connectivity index (χ3v) is 6.32. The van der Waals surface area contributed by atoms with E-state index in [9.17, 15) is 5.11 Å². The van der Waals surface area contributed by atoms with Crippen molar-refractivity contribution in [1.29, 1.82) is 0 Å². The Hall–Kier alpha value is -0.0800. The van der Waals surface area contributed by atoms with Crippen LogP contribution < -0.4 is 5.73 Å². The van der Waals surface area contributed by atoms with Crippen LogP contribution in [0.25, 0.3) is 0 Å². The van der Waals surface area contributed by atoms with E-state index in [0.717, 1.165) is 17.8 Å². The summed E-state index contributed by atoms with van der Waals surface area (Å²) >= 11 is 0. The highest BCUT2D eigenvalue weighted by molar-refractivity contribution is 5.13. The van der Waals surface area contributed by atoms with Crippen molar-refractivity contribution in [2.45, 2.75) is 57.9 Å². The van der Waals surface area contributed by atoms with Gasteiger partial charge in [0, 0.05) is 5.54 Å². The lowest BCUT2D eigenvalue weighted by Gasteiger charge is -2.63. The van der Waals surface area contributed by atoms with Gasteiger partial charge in [0.2, 0.25) is 0 Å². The van der Waals surface area contributed by atoms with Crippen molar-refractivity contribution in [3.05, 3.63) is 0 Å². The molecule has 1 atom stereocenters. The van der Waals surface area contributed by atoms with E-state index in [0.29, 0.717) is 5.92 Å². The summed E-state index contributed by atoms with van der Waals surface area (Å²) in [5, 5.41) is 9.89. The second kappa shape index (κ2) is 3.71. The summed E-state index contributed by atoms with van der Waals surface area (Å²) in [6.07, 6.45) is 8.19. The normalized spacial score (nSPS) is 47.5. The molecule has 98 valence electrons. The van der Waals surface area contributed by atoms with E-state index in [4.69, 9.17) is 5.73 Å². The van der Waals surface area contributed by atoms with Crippen molar-refractivity contribution < 1.29 is 5.11 Å². The minimum absolute atomic E-state index is 0.164. The van der Waals surface area contributed by atoms with Crippen LogP contribution in [0.4, 0.5) is 0 Å². The Labute approximate surface area is 105 Å². The van der Waals surface area contributed by atoms with E-state index < -0.39 is 0 Å². The quantitative estimate of drug-likeness (QED) is 0.792. The number of nitrogens with two attached hydrogens (primary N) is 1. The fraction of sp³-hybridized carbons (Fsp3) is 1.00. The third kappa shape index (κ3) is 1.53. The molecule has 3 N–H and O–H groups in total. The van der Waals surface area contributed by atoms with Crippen molar-refractivity contribution in [3.63, 3.8) is 0 Å². The SMILES string of the molecule is CC(C)C(N)(CO)C12CC3CC(CC(C3)C1)C2. The molecule has 0 aliphatic heterocycles. The van der Waals surface area contributed by atoms with Crippen LogP contribution in [0.1, 0.15) is 52.4 Å². The zero-order valence-electron chi connectivity index (χ0n) is 11.3. The maximum Gasteiger partial charge on any atom is 0.0619 e. The summed E-state index contributed by atoms with van der Waals surface area (Å²) in [6, 6.07) is 0. The standard InChI is InChI=1S/C15H27NO/c1-10(2)15(16,9-17)14-6-11-3-12(7-14)5-13(4-11)8-14/h10-13,17H,3-9,16H2,1-2H3. The van der Waals surface area contributed by atoms with Gasteiger partial charge in [-0.15, -0.1) is 0 Å². The van der Waals surface area contributed by atoms with Gasteiger partial charge in [0.15, 0.2) is 0 Å². The molecule has 0 spiro atoms. The van der Waals surface area contributed by atoms with E-state index in [1.54, 1.807) is 0 Å². The van der Waals surface area contributed by atoms with Crippen LogP contribution in [-0.4, -0.2) is 17.3 Å². The van der Waals surface area contributed by atoms with Gasteiger partial charge in [0.05, 0.1) is 6.61 Å². The van der Waals surface area contributed by atoms with Crippen molar-refractivity contribution in [1.82, 2.24) is 0 Å². The van der Waals surface area contributed by atoms with E-state index in [1.807, 2.05) is 0 Å². The molecular formula is C15H27NO. The van der Waals surface area contributed by atoms with Gasteiger partial charge in [0.25, 0.3) is 0 Å². The molecule has 0 aromatic carbocycles. The molecule has 1 unspecified atom stereocenters. The minimum Gasteiger partial charge on any atom is -0.394 e. The van der Waals surface area contributed by atoms with Gasteiger partial charge in [-0.05, 0) is 67.6 Å². The molecule has 0 radical (unpaired) electrons. The maximum absolute atomic E-state index is 9.89. The second-order valence-electron chi connectivity index (χ2n) is 7.55. The Bertz CT molecular complexity index is 277. The van der Waals surface area contributed by atoms with Crippen LogP contribution in [0.5, 0.6) is 0 Å². The van der Waals surface area contributed by atoms with Crippen molar-refractivity contribution in [3.8, 4) is 0 Å². The van der Waals surface area contributed by atoms with Gasteiger partial charge in [-0.25, -0.2) is 0 Å². The van der Waals surface area contributed by atoms with E-state index in [2.05, 4.69) is 13.8 Å². The smallest absolute Gasteiger partial charge is 0.0619 e. The van der Waals surface area contributed by atoms with Gasteiger partial charge in [-0.2, -0.15) is 0 Å². The number of hydrogen-bond acceptors (Lipinski definition) is 2. The summed E-state index contributed by atoms with van der Waals surface area (Å²) in [4.78, 5) is 0. The van der Waals surface area contributed by atoms with E-state index in [1.165, 1.54) is 38.5 Å². The first-order valence-corrected chi connectivity index (χ1v) is 7.39. The van der Waals surface area contributed by atoms with Gasteiger partial charge in [-0.3, -0.25) is 0 Å². The van der Waals surface area contributed by atoms with Gasteiger partial charge in [-0.1, -0.05) is 13.8 Å². The predicted molar refractivity (Wildman–Crippen MR) is 69.4 cm³/mol. The number of hydrogen-bond donors (Lipinski definition) is 2. The average Bonchev–Trinajstić information content (AvgIpc) is 2.25. The molecule has 0 saturated heterocycles. The van der Waals surface area contributed by atoms with E-state index >= 15 is 0 Å². The van der Waals surface area contributed by atoms with Crippen LogP contribution >= 0.6 is 0 Å². The maximum atomic E-state index is 9.89. The Kier molecular flexibility index (Phi) is 2.61. The molecule has 4 aliphatic rings. The van der Waals surface area contributed by atoms with Crippen LogP contribution in [0.15, 0.2) is 0 Å². The number of rotatable bonds is 3. The molecule has 4 bridgehead atoms. The van der Waals surface area contributed by atoms with Crippen LogP contribution in [0.3, 0.4) is 0 Å². The van der Waals surface area contributed by atoms with Crippen molar-refractivity contribution in [2.24, 2.45) is 34.8 Å². The fourth-order valence-corrected chi connectivity index (χ4v) is 5.64. The largest absolute Gasteiger partial charge is 0.394 e. The lowest BCUT2D eigenvalue weighted by atomic mass is 9.43. The van der Waals surface area contributed by atoms with Gasteiger partial charge < -0.3 is 10.8 Å². The highest BCUT2D eigenvalue weighted by Crippen LogP contribution is 2.64. The highest BCUT2D eigenvalue weighted by Gasteiger charge is 2.59. The lowest BCUT2D eigenvalue weighted by molar-refractivity contribution is -0.123. The van der Waals surface area contributed by atoms with Crippen LogP contribution in [0, 0.1) is 29.1 Å². The average molecular weight is 237 g/mol. The lowest BCUT2D eigenvalue weighted by Crippen LogP contribution is -2.67. The number of aliphatic hydroxyl groups is 1. The zero-order chi connectivity index (χ0) is 12.3. The number of aliphatic hydroxyl groups excluding tert-OH is 1. The minimum atomic E-state index is -0.344. The molecule has 2 heteroatoms. The summed E-state index contributed by atoms with van der Waals surface area (Å²) in [5.41, 5.74) is 6.60. The molecule has 0 aromatic rings. The van der Waals surface area contributed by atoms with Crippen molar-refractivity contribution >= 4 is 0 Å². The molecule has 4 fully saturated rings. The predicted octanol–water partition coefficient (Wildman–Crippen LogP) is 2.55. The molecule has 2 nitrogen and oxygen atoms in total. The topological polar surface area (TPSA) is 46.2 Å². The highest BCUT2D eigenvalue weighted by atomic mass is 16.3. The fourth-order valence-electron chi connectivity index (χ4n) is 5.64. The first-order valence-electron chi connectivity index (χ1n) is 7.39. The summed E-state index contributed by atoms with van der Waals surface area (Å²) in [6.45, 7) is 4.54. The second-order valence-corrected chi connectivity index (χ2v) is 7.55. The molecular weight excluding hydrogens is 210 g/mol. The molecule has 4 aliphatic carbocycles. The molecule has 4 saturated carbocycles. The molecule has 0 amide bonds. The van der Waals surface area contributed by atoms with Crippen molar-refractivity contribution in [2.75, 3.05) is 6.61 Å². The molecule has 0 aromatic heterocycles. The molecule has 17 heavy (non-hydrogen) atoms. The summed E-state index contributed by atoms with van der Waals surface area (Å²) in [7, 11) is 0. The molecule has 4 rings (SSSR count). The Balaban J connectivity index is 1.95. The first kappa shape index (κ1) is 12.0. The van der Waals surface area contributed by atoms with Gasteiger partial charge >= 0.3 is 0 Å². The summed E-state index contributed by atoms with van der Waals surface area (Å²) in [5.74, 6) is 3.11. The molecule has 0 heterocycles. The van der Waals surface area contributed by atoms with Gasteiger partial charge in [0.1, 0.15) is 0 Å². The third-order valence-electron chi connectivity index (χ3n) is 6.32. The first-order chi connectivity index (χ1) is 7.99. The monoisotopic (exact) mass is 237 g/mol. The van der Waals surface area contributed by atoms with E-state index in [-0.39, 0.29) is 17.6 Å². The van der Waals surface area contributed by atoms with Crippen LogP contribution in [-0.2, 0) is 0 Å². The zero-order valence-corrected chi connectivity index (χ0v) is 11.3. The summed E-state index contributed by atoms with van der Waals surface area (Å²) < 4.78 is 0.